The third kappa shape index (κ3) is 33.2. The van der Waals surface area contributed by atoms with Crippen molar-refractivity contribution in [2.75, 3.05) is 26.4 Å². The molecule has 3 N–H and O–H groups in total. The van der Waals surface area contributed by atoms with Crippen LogP contribution in [0.5, 0.6) is 0 Å². The number of ether oxygens (including phenoxy) is 2. The summed E-state index contributed by atoms with van der Waals surface area (Å²) in [6.07, 6.45) is 29.0. The monoisotopic (exact) mass is 706 g/mol. The molecule has 0 aromatic heterocycles. The molecule has 0 bridgehead atoms. The molecule has 48 heavy (non-hydrogen) atoms. The SMILES string of the molecule is CCCCCCCCC/C=C\CCCCCCCC(=O)O[C@H](COC(=O)CCCCCCCCCCC)COP(=O)(O)OC[C@@H](O)CO. The Bertz CT molecular complexity index is 822. The molecule has 0 fully saturated rings. The topological polar surface area (TPSA) is 149 Å². The summed E-state index contributed by atoms with van der Waals surface area (Å²) in [7, 11) is -4.60. The highest BCUT2D eigenvalue weighted by Crippen LogP contribution is 2.43. The molecule has 0 aromatic rings. The molecule has 0 radical (unpaired) electrons. The third-order valence-electron chi connectivity index (χ3n) is 8.17. The Morgan fingerprint density at radius 2 is 1.02 bits per heavy atom. The molecule has 284 valence electrons. The lowest BCUT2D eigenvalue weighted by atomic mass is 10.1. The zero-order chi connectivity index (χ0) is 35.6. The summed E-state index contributed by atoms with van der Waals surface area (Å²) in [6.45, 7) is 2.34. The Morgan fingerprint density at radius 3 is 1.50 bits per heavy atom. The number of hydrogen-bond donors (Lipinski definition) is 3. The summed E-state index contributed by atoms with van der Waals surface area (Å²) in [5.41, 5.74) is 0. The number of carbonyl (C=O) groups is 2. The fraction of sp³-hybridized carbons (Fsp3) is 0.892. The number of phosphoric ester groups is 1. The van der Waals surface area contributed by atoms with Crippen LogP contribution < -0.4 is 0 Å². The first-order valence-corrected chi connectivity index (χ1v) is 20.6. The maximum Gasteiger partial charge on any atom is 0.472 e. The molecule has 0 aromatic carbocycles. The van der Waals surface area contributed by atoms with Crippen molar-refractivity contribution in [3.05, 3.63) is 12.2 Å². The van der Waals surface area contributed by atoms with E-state index in [1.54, 1.807) is 0 Å². The molecule has 0 spiro atoms. The van der Waals surface area contributed by atoms with E-state index in [9.17, 15) is 24.2 Å². The van der Waals surface area contributed by atoms with Crippen LogP contribution >= 0.6 is 7.82 Å². The number of carbonyl (C=O) groups excluding carboxylic acids is 2. The lowest BCUT2D eigenvalue weighted by Gasteiger charge is -2.20. The lowest BCUT2D eigenvalue weighted by molar-refractivity contribution is -0.161. The van der Waals surface area contributed by atoms with Crippen molar-refractivity contribution in [2.24, 2.45) is 0 Å². The highest BCUT2D eigenvalue weighted by molar-refractivity contribution is 7.47. The van der Waals surface area contributed by atoms with E-state index < -0.39 is 51.8 Å². The normalized spacial score (nSPS) is 14.2. The van der Waals surface area contributed by atoms with E-state index in [2.05, 4.69) is 30.5 Å². The van der Waals surface area contributed by atoms with Crippen molar-refractivity contribution in [2.45, 2.75) is 187 Å². The van der Waals surface area contributed by atoms with E-state index in [0.29, 0.717) is 12.8 Å². The quantitative estimate of drug-likeness (QED) is 0.0249. The van der Waals surface area contributed by atoms with Gasteiger partial charge in [0.25, 0.3) is 0 Å². The van der Waals surface area contributed by atoms with Crippen LogP contribution in [0.3, 0.4) is 0 Å². The van der Waals surface area contributed by atoms with Crippen molar-refractivity contribution in [1.82, 2.24) is 0 Å². The third-order valence-corrected chi connectivity index (χ3v) is 9.12. The maximum absolute atomic E-state index is 12.5. The Morgan fingerprint density at radius 1 is 0.604 bits per heavy atom. The van der Waals surface area contributed by atoms with Gasteiger partial charge in [0.1, 0.15) is 12.7 Å². The van der Waals surface area contributed by atoms with E-state index >= 15 is 0 Å². The van der Waals surface area contributed by atoms with Gasteiger partial charge in [0.2, 0.25) is 0 Å². The molecule has 3 atom stereocenters. The van der Waals surface area contributed by atoms with Gasteiger partial charge in [0, 0.05) is 12.8 Å². The number of aliphatic hydroxyl groups excluding tert-OH is 2. The minimum Gasteiger partial charge on any atom is -0.462 e. The van der Waals surface area contributed by atoms with E-state index in [1.165, 1.54) is 77.0 Å². The second-order valence-electron chi connectivity index (χ2n) is 13.0. The van der Waals surface area contributed by atoms with Gasteiger partial charge < -0.3 is 24.6 Å². The molecule has 1 unspecified atom stereocenters. The van der Waals surface area contributed by atoms with E-state index in [0.717, 1.165) is 57.8 Å². The molecule has 0 amide bonds. The molecule has 0 saturated heterocycles. The predicted octanol–water partition coefficient (Wildman–Crippen LogP) is 9.28. The van der Waals surface area contributed by atoms with Crippen LogP contribution in [0.4, 0.5) is 0 Å². The molecule has 0 aliphatic rings. The highest BCUT2D eigenvalue weighted by Gasteiger charge is 2.27. The predicted molar refractivity (Wildman–Crippen MR) is 192 cm³/mol. The number of phosphoric acid groups is 1. The number of aliphatic hydroxyl groups is 2. The largest absolute Gasteiger partial charge is 0.472 e. The first kappa shape index (κ1) is 46.7. The van der Waals surface area contributed by atoms with E-state index in [-0.39, 0.29) is 19.4 Å². The Labute approximate surface area is 292 Å². The van der Waals surface area contributed by atoms with Crippen molar-refractivity contribution >= 4 is 19.8 Å². The van der Waals surface area contributed by atoms with Gasteiger partial charge in [-0.15, -0.1) is 0 Å². The maximum atomic E-state index is 12.5. The van der Waals surface area contributed by atoms with Gasteiger partial charge in [-0.3, -0.25) is 18.6 Å². The molecule has 0 heterocycles. The van der Waals surface area contributed by atoms with Crippen LogP contribution in [-0.2, 0) is 32.7 Å². The summed E-state index contributed by atoms with van der Waals surface area (Å²) < 4.78 is 32.5. The summed E-state index contributed by atoms with van der Waals surface area (Å²) in [4.78, 5) is 34.7. The lowest BCUT2D eigenvalue weighted by Crippen LogP contribution is -2.29. The van der Waals surface area contributed by atoms with Crippen LogP contribution in [0.1, 0.15) is 174 Å². The summed E-state index contributed by atoms with van der Waals surface area (Å²) in [5.74, 6) is -0.933. The molecule has 10 nitrogen and oxygen atoms in total. The Kier molecular flexibility index (Phi) is 33.3. The van der Waals surface area contributed by atoms with Crippen LogP contribution in [0.15, 0.2) is 12.2 Å². The van der Waals surface area contributed by atoms with Gasteiger partial charge in [-0.25, -0.2) is 4.57 Å². The van der Waals surface area contributed by atoms with Gasteiger partial charge in [0.15, 0.2) is 6.10 Å². The Balaban J connectivity index is 4.34. The van der Waals surface area contributed by atoms with Gasteiger partial charge in [0.05, 0.1) is 19.8 Å². The zero-order valence-corrected chi connectivity index (χ0v) is 31.4. The minimum absolute atomic E-state index is 0.178. The molecule has 0 aliphatic heterocycles. The van der Waals surface area contributed by atoms with Crippen LogP contribution in [0.25, 0.3) is 0 Å². The van der Waals surface area contributed by atoms with E-state index in [4.69, 9.17) is 19.1 Å². The van der Waals surface area contributed by atoms with Crippen LogP contribution in [0.2, 0.25) is 0 Å². The number of rotatable bonds is 36. The second kappa shape index (κ2) is 34.2. The first-order chi connectivity index (χ1) is 23.2. The van der Waals surface area contributed by atoms with Crippen LogP contribution in [0, 0.1) is 0 Å². The summed E-state index contributed by atoms with van der Waals surface area (Å²) in [5, 5.41) is 18.2. The average Bonchev–Trinajstić information content (AvgIpc) is 3.07. The molecule has 0 saturated carbocycles. The smallest absolute Gasteiger partial charge is 0.462 e. The standard InChI is InChI=1S/C37H71O10P/c1-3-5-7-9-11-13-14-15-16-17-18-19-21-23-25-27-29-37(41)47-35(33-46-48(42,43)45-31-34(39)30-38)32-44-36(40)28-26-24-22-20-12-10-8-6-4-2/h16-17,34-35,38-39H,3-15,18-33H2,1-2H3,(H,42,43)/b17-16-/t34-,35+/m0/s1. The van der Waals surface area contributed by atoms with Crippen LogP contribution in [-0.4, -0.2) is 65.7 Å². The first-order valence-electron chi connectivity index (χ1n) is 19.1. The average molecular weight is 707 g/mol. The minimum atomic E-state index is -4.60. The zero-order valence-electron chi connectivity index (χ0n) is 30.5. The highest BCUT2D eigenvalue weighted by atomic mass is 31.2. The number of hydrogen-bond acceptors (Lipinski definition) is 9. The van der Waals surface area contributed by atoms with Gasteiger partial charge in [-0.05, 0) is 38.5 Å². The number of allylic oxidation sites excluding steroid dienone is 2. The fourth-order valence-corrected chi connectivity index (χ4v) is 5.95. The summed E-state index contributed by atoms with van der Waals surface area (Å²) >= 11 is 0. The van der Waals surface area contributed by atoms with Crippen molar-refractivity contribution < 1.29 is 47.8 Å². The van der Waals surface area contributed by atoms with Crippen molar-refractivity contribution in [3.8, 4) is 0 Å². The molecule has 0 aliphatic carbocycles. The van der Waals surface area contributed by atoms with Gasteiger partial charge in [-0.2, -0.15) is 0 Å². The van der Waals surface area contributed by atoms with Crippen molar-refractivity contribution in [1.29, 1.82) is 0 Å². The number of unbranched alkanes of at least 4 members (excludes halogenated alkanes) is 20. The molecular formula is C37H71O10P. The number of esters is 2. The Hall–Kier alpha value is -1.29. The van der Waals surface area contributed by atoms with Crippen molar-refractivity contribution in [3.63, 3.8) is 0 Å². The molecule has 11 heteroatoms. The fourth-order valence-electron chi connectivity index (χ4n) is 5.16. The summed E-state index contributed by atoms with van der Waals surface area (Å²) in [6, 6.07) is 0. The van der Waals surface area contributed by atoms with Gasteiger partial charge in [-0.1, -0.05) is 135 Å². The second-order valence-corrected chi connectivity index (χ2v) is 14.4. The van der Waals surface area contributed by atoms with E-state index in [1.807, 2.05) is 0 Å². The molecule has 0 rings (SSSR count). The molecular weight excluding hydrogens is 635 g/mol. The van der Waals surface area contributed by atoms with Gasteiger partial charge >= 0.3 is 19.8 Å².